The Labute approximate surface area is 162 Å². The number of imidazole rings is 1. The van der Waals surface area contributed by atoms with Gasteiger partial charge in [0.15, 0.2) is 0 Å². The summed E-state index contributed by atoms with van der Waals surface area (Å²) < 4.78 is 1.99. The molecule has 0 spiro atoms. The number of likely N-dealkylation sites (tertiary alicyclic amines) is 1. The Morgan fingerprint density at radius 3 is 2.96 bits per heavy atom. The van der Waals surface area contributed by atoms with Crippen molar-refractivity contribution in [2.45, 2.75) is 12.8 Å². The van der Waals surface area contributed by atoms with Gasteiger partial charge in [-0.2, -0.15) is 0 Å². The number of hydrogen-bond donors (Lipinski definition) is 2. The molecule has 1 fully saturated rings. The molecule has 0 radical (unpaired) electrons. The molecule has 1 aliphatic rings. The van der Waals surface area contributed by atoms with Crippen LogP contribution in [0, 0.1) is 5.92 Å². The van der Waals surface area contributed by atoms with E-state index < -0.39 is 0 Å². The highest BCUT2D eigenvalue weighted by Gasteiger charge is 2.23. The number of anilines is 1. The summed E-state index contributed by atoms with van der Waals surface area (Å²) in [5, 5.41) is 4.05. The van der Waals surface area contributed by atoms with E-state index in [1.165, 1.54) is 0 Å². The summed E-state index contributed by atoms with van der Waals surface area (Å²) in [6.45, 7) is 1.93. The third-order valence-corrected chi connectivity index (χ3v) is 5.59. The van der Waals surface area contributed by atoms with Crippen molar-refractivity contribution in [1.82, 2.24) is 24.3 Å². The lowest BCUT2D eigenvalue weighted by Crippen LogP contribution is -2.35. The standard InChI is InChI=1S/C21H22N6O/c1-26-7-4-14(5-8-26)21(28)25-16-10-17-18(12-24-20(17)23-11-16)15-2-3-19-22-6-9-27(19)13-15/h2-3,6,9-14H,4-5,7-8H2,1H3,(H,23,24)(H,25,28). The lowest BCUT2D eigenvalue weighted by molar-refractivity contribution is -0.121. The molecule has 1 aliphatic heterocycles. The molecule has 4 aromatic rings. The highest BCUT2D eigenvalue weighted by molar-refractivity contribution is 5.98. The molecule has 2 N–H and O–H groups in total. The first-order valence-electron chi connectivity index (χ1n) is 9.57. The number of aromatic amines is 1. The van der Waals surface area contributed by atoms with Gasteiger partial charge in [0.1, 0.15) is 11.3 Å². The smallest absolute Gasteiger partial charge is 0.227 e. The number of pyridine rings is 2. The van der Waals surface area contributed by atoms with Crippen LogP contribution in [-0.2, 0) is 4.79 Å². The normalized spacial score (nSPS) is 16.0. The number of fused-ring (bicyclic) bond motifs is 2. The largest absolute Gasteiger partial charge is 0.346 e. The van der Waals surface area contributed by atoms with Gasteiger partial charge in [0, 0.05) is 47.2 Å². The third kappa shape index (κ3) is 3.03. The number of hydrogen-bond acceptors (Lipinski definition) is 4. The number of amides is 1. The molecule has 7 heteroatoms. The van der Waals surface area contributed by atoms with E-state index in [4.69, 9.17) is 0 Å². The molecule has 0 saturated carbocycles. The van der Waals surface area contributed by atoms with Gasteiger partial charge in [0.2, 0.25) is 5.91 Å². The average Bonchev–Trinajstić information content (AvgIpc) is 3.34. The minimum absolute atomic E-state index is 0.0706. The minimum atomic E-state index is 0.0706. The number of nitrogens with zero attached hydrogens (tertiary/aromatic N) is 4. The van der Waals surface area contributed by atoms with Crippen molar-refractivity contribution in [3.63, 3.8) is 0 Å². The molecule has 1 saturated heterocycles. The molecule has 0 aromatic carbocycles. The summed E-state index contributed by atoms with van der Waals surface area (Å²) in [6.07, 6.45) is 11.2. The van der Waals surface area contributed by atoms with Gasteiger partial charge >= 0.3 is 0 Å². The average molecular weight is 374 g/mol. The van der Waals surface area contributed by atoms with Crippen LogP contribution in [0.2, 0.25) is 0 Å². The Hall–Kier alpha value is -3.19. The number of rotatable bonds is 3. The number of H-pyrrole nitrogens is 1. The summed E-state index contributed by atoms with van der Waals surface area (Å²) in [5.74, 6) is 0.160. The van der Waals surface area contributed by atoms with E-state index in [1.807, 2.05) is 28.9 Å². The van der Waals surface area contributed by atoms with Crippen molar-refractivity contribution >= 4 is 28.3 Å². The molecule has 28 heavy (non-hydrogen) atoms. The van der Waals surface area contributed by atoms with Gasteiger partial charge in [-0.25, -0.2) is 9.97 Å². The van der Waals surface area contributed by atoms with Crippen LogP contribution in [-0.4, -0.2) is 50.3 Å². The number of nitrogens with one attached hydrogen (secondary N) is 2. The van der Waals surface area contributed by atoms with E-state index in [1.54, 1.807) is 12.4 Å². The number of piperidine rings is 1. The van der Waals surface area contributed by atoms with E-state index in [2.05, 4.69) is 44.5 Å². The maximum absolute atomic E-state index is 12.6. The Morgan fingerprint density at radius 1 is 1.25 bits per heavy atom. The zero-order chi connectivity index (χ0) is 19.1. The van der Waals surface area contributed by atoms with Crippen molar-refractivity contribution in [2.24, 2.45) is 5.92 Å². The zero-order valence-corrected chi connectivity index (χ0v) is 15.7. The van der Waals surface area contributed by atoms with E-state index in [0.717, 1.165) is 59.4 Å². The van der Waals surface area contributed by atoms with E-state index >= 15 is 0 Å². The zero-order valence-electron chi connectivity index (χ0n) is 15.7. The van der Waals surface area contributed by atoms with Crippen LogP contribution >= 0.6 is 0 Å². The first-order chi connectivity index (χ1) is 13.7. The van der Waals surface area contributed by atoms with Crippen molar-refractivity contribution in [3.8, 4) is 11.1 Å². The summed E-state index contributed by atoms with van der Waals surface area (Å²) >= 11 is 0. The van der Waals surface area contributed by atoms with Gasteiger partial charge in [-0.3, -0.25) is 4.79 Å². The monoisotopic (exact) mass is 374 g/mol. The third-order valence-electron chi connectivity index (χ3n) is 5.59. The lowest BCUT2D eigenvalue weighted by atomic mass is 9.96. The molecular formula is C21H22N6O. The molecule has 0 aliphatic carbocycles. The van der Waals surface area contributed by atoms with Crippen LogP contribution in [0.3, 0.4) is 0 Å². The molecule has 142 valence electrons. The lowest BCUT2D eigenvalue weighted by Gasteiger charge is -2.28. The van der Waals surface area contributed by atoms with Gasteiger partial charge in [-0.1, -0.05) is 0 Å². The minimum Gasteiger partial charge on any atom is -0.346 e. The summed E-state index contributed by atoms with van der Waals surface area (Å²) in [6, 6.07) is 6.04. The second-order valence-electron chi connectivity index (χ2n) is 7.50. The van der Waals surface area contributed by atoms with Gasteiger partial charge in [0.05, 0.1) is 11.9 Å². The van der Waals surface area contributed by atoms with Crippen molar-refractivity contribution in [2.75, 3.05) is 25.5 Å². The van der Waals surface area contributed by atoms with Crippen LogP contribution in [0.15, 0.2) is 49.2 Å². The summed E-state index contributed by atoms with van der Waals surface area (Å²) in [4.78, 5) is 26.9. The molecule has 5 rings (SSSR count). The SMILES string of the molecule is CN1CCC(C(=O)Nc2cnc3[nH]cc(-c4ccc5nccn5c4)c3c2)CC1. The van der Waals surface area contributed by atoms with Gasteiger partial charge in [-0.15, -0.1) is 0 Å². The molecule has 0 atom stereocenters. The predicted molar refractivity (Wildman–Crippen MR) is 109 cm³/mol. The predicted octanol–water partition coefficient (Wildman–Crippen LogP) is 3.16. The first-order valence-corrected chi connectivity index (χ1v) is 9.57. The molecule has 7 nitrogen and oxygen atoms in total. The Balaban J connectivity index is 1.44. The quantitative estimate of drug-likeness (QED) is 0.577. The topological polar surface area (TPSA) is 78.3 Å². The molecule has 0 bridgehead atoms. The van der Waals surface area contributed by atoms with E-state index in [9.17, 15) is 4.79 Å². The van der Waals surface area contributed by atoms with Gasteiger partial charge in [0.25, 0.3) is 0 Å². The number of aromatic nitrogens is 4. The molecule has 5 heterocycles. The molecular weight excluding hydrogens is 352 g/mol. The molecule has 4 aromatic heterocycles. The van der Waals surface area contributed by atoms with Crippen LogP contribution in [0.5, 0.6) is 0 Å². The van der Waals surface area contributed by atoms with E-state index in [0.29, 0.717) is 0 Å². The van der Waals surface area contributed by atoms with Crippen molar-refractivity contribution in [3.05, 3.63) is 49.2 Å². The fourth-order valence-electron chi connectivity index (χ4n) is 3.91. The van der Waals surface area contributed by atoms with Crippen LogP contribution in [0.25, 0.3) is 27.8 Å². The fourth-order valence-corrected chi connectivity index (χ4v) is 3.91. The maximum atomic E-state index is 12.6. The second kappa shape index (κ2) is 6.76. The Morgan fingerprint density at radius 2 is 2.11 bits per heavy atom. The summed E-state index contributed by atoms with van der Waals surface area (Å²) in [5.41, 5.74) is 4.57. The van der Waals surface area contributed by atoms with Gasteiger partial charge in [-0.05, 0) is 51.2 Å². The number of carbonyl (C=O) groups excluding carboxylic acids is 1. The molecule has 0 unspecified atom stereocenters. The van der Waals surface area contributed by atoms with E-state index in [-0.39, 0.29) is 11.8 Å². The summed E-state index contributed by atoms with van der Waals surface area (Å²) in [7, 11) is 2.10. The number of carbonyl (C=O) groups is 1. The van der Waals surface area contributed by atoms with Crippen LogP contribution < -0.4 is 5.32 Å². The van der Waals surface area contributed by atoms with Crippen molar-refractivity contribution < 1.29 is 4.79 Å². The first kappa shape index (κ1) is 16.9. The van der Waals surface area contributed by atoms with Crippen LogP contribution in [0.1, 0.15) is 12.8 Å². The highest BCUT2D eigenvalue weighted by Crippen LogP contribution is 2.30. The van der Waals surface area contributed by atoms with Gasteiger partial charge < -0.3 is 19.6 Å². The maximum Gasteiger partial charge on any atom is 0.227 e. The fraction of sp³-hybridized carbons (Fsp3) is 0.286. The van der Waals surface area contributed by atoms with Crippen LogP contribution in [0.4, 0.5) is 5.69 Å². The Bertz CT molecular complexity index is 1150. The Kier molecular flexibility index (Phi) is 4.09. The van der Waals surface area contributed by atoms with Crippen molar-refractivity contribution in [1.29, 1.82) is 0 Å². The highest BCUT2D eigenvalue weighted by atomic mass is 16.1. The molecule has 1 amide bonds. The second-order valence-corrected chi connectivity index (χ2v) is 7.50.